The van der Waals surface area contributed by atoms with Crippen LogP contribution in [0.2, 0.25) is 0 Å². The Balaban J connectivity index is 2.32. The third-order valence-corrected chi connectivity index (χ3v) is 2.84. The predicted octanol–water partition coefficient (Wildman–Crippen LogP) is 2.75. The van der Waals surface area contributed by atoms with Gasteiger partial charge in [0.25, 0.3) is 5.91 Å². The van der Waals surface area contributed by atoms with Crippen molar-refractivity contribution in [2.45, 2.75) is 12.8 Å². The van der Waals surface area contributed by atoms with Crippen LogP contribution < -0.4 is 0 Å². The van der Waals surface area contributed by atoms with E-state index < -0.39 is 17.8 Å². The van der Waals surface area contributed by atoms with Gasteiger partial charge >= 0.3 is 5.97 Å². The maximum Gasteiger partial charge on any atom is 0.351 e. The zero-order chi connectivity index (χ0) is 14.5. The van der Waals surface area contributed by atoms with E-state index in [9.17, 15) is 14.7 Å². The van der Waals surface area contributed by atoms with Crippen LogP contribution in [-0.2, 0) is 4.79 Å². The summed E-state index contributed by atoms with van der Waals surface area (Å²) >= 11 is 0. The first-order valence-corrected chi connectivity index (χ1v) is 6.04. The standard InChI is InChI=1S/C15H13NO4/c1-10(12-8-5-9-20-12)13(15(18)19)16-14(17)11-6-3-2-4-7-11/h2-10H,1H3,(H,18,19). The zero-order valence-electron chi connectivity index (χ0n) is 10.8. The summed E-state index contributed by atoms with van der Waals surface area (Å²) in [7, 11) is 0. The van der Waals surface area contributed by atoms with Crippen molar-refractivity contribution in [2.75, 3.05) is 0 Å². The number of rotatable bonds is 4. The summed E-state index contributed by atoms with van der Waals surface area (Å²) in [4.78, 5) is 27.0. The van der Waals surface area contributed by atoms with Gasteiger partial charge in [0.05, 0.1) is 12.2 Å². The third kappa shape index (κ3) is 3.00. The number of carboxylic acids is 1. The molecule has 0 saturated carbocycles. The number of carbonyl (C=O) groups excluding carboxylic acids is 1. The quantitative estimate of drug-likeness (QED) is 0.867. The summed E-state index contributed by atoms with van der Waals surface area (Å²) in [5.74, 6) is -1.97. The molecule has 0 bridgehead atoms. The highest BCUT2D eigenvalue weighted by Crippen LogP contribution is 2.18. The van der Waals surface area contributed by atoms with E-state index in [-0.39, 0.29) is 5.71 Å². The lowest BCUT2D eigenvalue weighted by molar-refractivity contribution is -0.129. The van der Waals surface area contributed by atoms with Gasteiger partial charge in [0.15, 0.2) is 0 Å². The van der Waals surface area contributed by atoms with Crippen LogP contribution in [0.4, 0.5) is 0 Å². The number of carbonyl (C=O) groups is 2. The van der Waals surface area contributed by atoms with E-state index in [0.717, 1.165) is 0 Å². The van der Waals surface area contributed by atoms with Crippen molar-refractivity contribution in [1.29, 1.82) is 0 Å². The van der Waals surface area contributed by atoms with E-state index in [4.69, 9.17) is 4.42 Å². The van der Waals surface area contributed by atoms with Gasteiger partial charge in [-0.2, -0.15) is 0 Å². The van der Waals surface area contributed by atoms with E-state index in [1.165, 1.54) is 6.26 Å². The molecule has 1 aromatic heterocycles. The molecule has 102 valence electrons. The molecule has 0 aliphatic heterocycles. The molecule has 0 radical (unpaired) electrons. The first-order valence-electron chi connectivity index (χ1n) is 6.04. The van der Waals surface area contributed by atoms with Gasteiger partial charge in [0.2, 0.25) is 0 Å². The first kappa shape index (κ1) is 13.7. The molecule has 1 amide bonds. The van der Waals surface area contributed by atoms with Gasteiger partial charge < -0.3 is 9.52 Å². The highest BCUT2D eigenvalue weighted by molar-refractivity contribution is 6.39. The van der Waals surface area contributed by atoms with E-state index in [1.54, 1.807) is 49.4 Å². The van der Waals surface area contributed by atoms with Crippen LogP contribution >= 0.6 is 0 Å². The Morgan fingerprint density at radius 2 is 1.85 bits per heavy atom. The Labute approximate surface area is 115 Å². The van der Waals surface area contributed by atoms with Crippen molar-refractivity contribution in [3.8, 4) is 0 Å². The summed E-state index contributed by atoms with van der Waals surface area (Å²) in [5, 5.41) is 9.21. The summed E-state index contributed by atoms with van der Waals surface area (Å²) in [6, 6.07) is 11.6. The molecule has 5 heteroatoms. The average Bonchev–Trinajstić information content (AvgIpc) is 2.98. The second kappa shape index (κ2) is 5.97. The average molecular weight is 271 g/mol. The lowest BCUT2D eigenvalue weighted by Crippen LogP contribution is -2.21. The number of amides is 1. The minimum absolute atomic E-state index is 0.242. The van der Waals surface area contributed by atoms with Gasteiger partial charge in [0, 0.05) is 5.56 Å². The molecule has 0 spiro atoms. The van der Waals surface area contributed by atoms with E-state index in [2.05, 4.69) is 4.99 Å². The van der Waals surface area contributed by atoms with Crippen molar-refractivity contribution in [2.24, 2.45) is 4.99 Å². The highest BCUT2D eigenvalue weighted by atomic mass is 16.4. The molecule has 0 aliphatic rings. The van der Waals surface area contributed by atoms with Gasteiger partial charge in [-0.25, -0.2) is 9.79 Å². The van der Waals surface area contributed by atoms with Crippen LogP contribution in [0.3, 0.4) is 0 Å². The van der Waals surface area contributed by atoms with Crippen molar-refractivity contribution < 1.29 is 19.1 Å². The van der Waals surface area contributed by atoms with Gasteiger partial charge in [-0.3, -0.25) is 4.79 Å². The second-order valence-corrected chi connectivity index (χ2v) is 4.21. The van der Waals surface area contributed by atoms with Crippen LogP contribution in [0.25, 0.3) is 0 Å². The molecule has 20 heavy (non-hydrogen) atoms. The molecule has 1 N–H and O–H groups in total. The largest absolute Gasteiger partial charge is 0.477 e. The molecule has 1 aromatic carbocycles. The second-order valence-electron chi connectivity index (χ2n) is 4.21. The van der Waals surface area contributed by atoms with Crippen LogP contribution in [0.15, 0.2) is 58.1 Å². The Bertz CT molecular complexity index is 629. The fraction of sp³-hybridized carbons (Fsp3) is 0.133. The Morgan fingerprint density at radius 1 is 1.15 bits per heavy atom. The van der Waals surface area contributed by atoms with Crippen LogP contribution in [0.1, 0.15) is 29.0 Å². The zero-order valence-corrected chi connectivity index (χ0v) is 10.8. The van der Waals surface area contributed by atoms with Gasteiger partial charge in [0.1, 0.15) is 11.5 Å². The number of nitrogens with zero attached hydrogens (tertiary/aromatic N) is 1. The van der Waals surface area contributed by atoms with Gasteiger partial charge in [-0.1, -0.05) is 18.2 Å². The SMILES string of the molecule is CC(C(=NC(=O)c1ccccc1)C(=O)O)c1ccco1. The summed E-state index contributed by atoms with van der Waals surface area (Å²) in [6.07, 6.45) is 1.45. The number of hydrogen-bond donors (Lipinski definition) is 1. The van der Waals surface area contributed by atoms with E-state index >= 15 is 0 Å². The number of benzene rings is 1. The lowest BCUT2D eigenvalue weighted by Gasteiger charge is -2.08. The minimum atomic E-state index is -1.24. The Hall–Kier alpha value is -2.69. The molecular weight excluding hydrogens is 258 g/mol. The van der Waals surface area contributed by atoms with E-state index in [1.807, 2.05) is 0 Å². The van der Waals surface area contributed by atoms with Gasteiger partial charge in [-0.05, 0) is 31.2 Å². The number of aliphatic carboxylic acids is 1. The van der Waals surface area contributed by atoms with E-state index in [0.29, 0.717) is 11.3 Å². The fourth-order valence-corrected chi connectivity index (χ4v) is 1.76. The summed E-state index contributed by atoms with van der Waals surface area (Å²) < 4.78 is 5.16. The molecule has 5 nitrogen and oxygen atoms in total. The lowest BCUT2D eigenvalue weighted by atomic mass is 10.0. The minimum Gasteiger partial charge on any atom is -0.477 e. The molecule has 2 rings (SSSR count). The van der Waals surface area contributed by atoms with Crippen molar-refractivity contribution in [1.82, 2.24) is 0 Å². The number of furan rings is 1. The predicted molar refractivity (Wildman–Crippen MR) is 73.0 cm³/mol. The van der Waals surface area contributed by atoms with Crippen molar-refractivity contribution in [3.05, 3.63) is 60.1 Å². The molecule has 1 atom stereocenters. The van der Waals surface area contributed by atoms with Crippen LogP contribution in [-0.4, -0.2) is 22.7 Å². The third-order valence-electron chi connectivity index (χ3n) is 2.84. The number of hydrogen-bond acceptors (Lipinski definition) is 3. The Kier molecular flexibility index (Phi) is 4.10. The molecule has 1 heterocycles. The normalized spacial score (nSPS) is 12.9. The monoisotopic (exact) mass is 271 g/mol. The molecule has 0 fully saturated rings. The van der Waals surface area contributed by atoms with Crippen molar-refractivity contribution >= 4 is 17.6 Å². The van der Waals surface area contributed by atoms with Crippen molar-refractivity contribution in [3.63, 3.8) is 0 Å². The maximum atomic E-state index is 12.0. The van der Waals surface area contributed by atoms with Gasteiger partial charge in [-0.15, -0.1) is 0 Å². The Morgan fingerprint density at radius 3 is 2.40 bits per heavy atom. The molecule has 1 unspecified atom stereocenters. The summed E-state index contributed by atoms with van der Waals surface area (Å²) in [5.41, 5.74) is 0.103. The van der Waals surface area contributed by atoms with Crippen LogP contribution in [0.5, 0.6) is 0 Å². The summed E-state index contributed by atoms with van der Waals surface area (Å²) in [6.45, 7) is 1.63. The smallest absolute Gasteiger partial charge is 0.351 e. The molecule has 2 aromatic rings. The number of carboxylic acid groups (broad SMARTS) is 1. The fourth-order valence-electron chi connectivity index (χ4n) is 1.76. The molecular formula is C15H13NO4. The highest BCUT2D eigenvalue weighted by Gasteiger charge is 2.23. The maximum absolute atomic E-state index is 12.0. The molecule has 0 aliphatic carbocycles. The van der Waals surface area contributed by atoms with Crippen LogP contribution in [0, 0.1) is 0 Å². The first-order chi connectivity index (χ1) is 9.59. The number of aliphatic imine (C=N–C) groups is 1. The molecule has 0 saturated heterocycles. The topological polar surface area (TPSA) is 79.9 Å².